The number of amides is 1. The van der Waals surface area contributed by atoms with Crippen LogP contribution in [0.5, 0.6) is 0 Å². The van der Waals surface area contributed by atoms with Crippen molar-refractivity contribution in [2.45, 2.75) is 44.1 Å². The Hall–Kier alpha value is -1.04. The molecule has 1 spiro atoms. The van der Waals surface area contributed by atoms with E-state index in [4.69, 9.17) is 5.73 Å². The lowest BCUT2D eigenvalue weighted by Crippen LogP contribution is -2.58. The van der Waals surface area contributed by atoms with Gasteiger partial charge in [-0.3, -0.25) is 9.69 Å². The number of nitrogens with zero attached hydrogens (tertiary/aromatic N) is 2. The molecule has 2 atom stereocenters. The van der Waals surface area contributed by atoms with Crippen molar-refractivity contribution in [3.8, 4) is 0 Å². The molecule has 0 radical (unpaired) electrons. The van der Waals surface area contributed by atoms with Crippen LogP contribution in [0.2, 0.25) is 0 Å². The summed E-state index contributed by atoms with van der Waals surface area (Å²) in [6.07, 6.45) is 2.22. The van der Waals surface area contributed by atoms with Crippen LogP contribution in [0.4, 0.5) is 0 Å². The molecule has 1 amide bonds. The van der Waals surface area contributed by atoms with Crippen molar-refractivity contribution in [2.75, 3.05) is 25.4 Å². The highest BCUT2D eigenvalue weighted by atomic mass is 32.2. The molecule has 2 N–H and O–H groups in total. The van der Waals surface area contributed by atoms with Gasteiger partial charge in [0, 0.05) is 31.9 Å². The third-order valence-corrected chi connectivity index (χ3v) is 6.79. The van der Waals surface area contributed by atoms with Gasteiger partial charge in [0.25, 0.3) is 0 Å². The predicted molar refractivity (Wildman–Crippen MR) is 101 cm³/mol. The Morgan fingerprint density at radius 2 is 2.04 bits per heavy atom. The van der Waals surface area contributed by atoms with E-state index < -0.39 is 0 Å². The van der Waals surface area contributed by atoms with Gasteiger partial charge in [-0.25, -0.2) is 0 Å². The van der Waals surface area contributed by atoms with Crippen LogP contribution in [0.1, 0.15) is 32.3 Å². The van der Waals surface area contributed by atoms with Crippen molar-refractivity contribution in [1.29, 1.82) is 0 Å². The molecule has 0 aliphatic carbocycles. The molecular formula is C19H29N3OS. The summed E-state index contributed by atoms with van der Waals surface area (Å²) in [6, 6.07) is 10.3. The van der Waals surface area contributed by atoms with Crippen LogP contribution >= 0.6 is 11.8 Å². The van der Waals surface area contributed by atoms with Gasteiger partial charge in [-0.2, -0.15) is 0 Å². The van der Waals surface area contributed by atoms with E-state index in [2.05, 4.69) is 35.2 Å². The maximum absolute atomic E-state index is 12.7. The fourth-order valence-electron chi connectivity index (χ4n) is 3.73. The number of likely N-dealkylation sites (tertiary alicyclic amines) is 1. The maximum Gasteiger partial charge on any atom is 0.239 e. The van der Waals surface area contributed by atoms with Gasteiger partial charge in [-0.05, 0) is 24.3 Å². The molecule has 1 unspecified atom stereocenters. The van der Waals surface area contributed by atoms with Crippen LogP contribution in [-0.2, 0) is 11.3 Å². The lowest BCUT2D eigenvalue weighted by atomic mass is 9.99. The lowest BCUT2D eigenvalue weighted by Gasteiger charge is -2.46. The molecule has 2 fully saturated rings. The monoisotopic (exact) mass is 347 g/mol. The summed E-state index contributed by atoms with van der Waals surface area (Å²) in [4.78, 5) is 17.4. The van der Waals surface area contributed by atoms with E-state index >= 15 is 0 Å². The highest BCUT2D eigenvalue weighted by Crippen LogP contribution is 2.43. The lowest BCUT2D eigenvalue weighted by molar-refractivity contribution is -0.136. The van der Waals surface area contributed by atoms with Gasteiger partial charge in [0.1, 0.15) is 0 Å². The number of carbonyl (C=O) groups excluding carboxylic acids is 1. The summed E-state index contributed by atoms with van der Waals surface area (Å²) in [5, 5.41) is 0. The molecular weight excluding hydrogens is 318 g/mol. The van der Waals surface area contributed by atoms with E-state index in [1.807, 2.05) is 30.5 Å². The predicted octanol–water partition coefficient (Wildman–Crippen LogP) is 2.54. The third-order valence-electron chi connectivity index (χ3n) is 5.27. The molecule has 1 aromatic carbocycles. The second-order valence-corrected chi connectivity index (χ2v) is 8.79. The van der Waals surface area contributed by atoms with Crippen LogP contribution in [-0.4, -0.2) is 52.0 Å². The Morgan fingerprint density at radius 1 is 1.29 bits per heavy atom. The topological polar surface area (TPSA) is 49.6 Å². The van der Waals surface area contributed by atoms with Gasteiger partial charge in [0.05, 0.1) is 10.9 Å². The highest BCUT2D eigenvalue weighted by Gasteiger charge is 2.46. The van der Waals surface area contributed by atoms with Crippen molar-refractivity contribution in [3.05, 3.63) is 35.9 Å². The smallest absolute Gasteiger partial charge is 0.239 e. The zero-order valence-electron chi connectivity index (χ0n) is 14.8. The largest absolute Gasteiger partial charge is 0.339 e. The van der Waals surface area contributed by atoms with Gasteiger partial charge in [0.2, 0.25) is 5.91 Å². The molecule has 2 heterocycles. The summed E-state index contributed by atoms with van der Waals surface area (Å²) < 4.78 is 0. The first-order valence-electron chi connectivity index (χ1n) is 8.99. The maximum atomic E-state index is 12.7. The molecule has 2 aliphatic heterocycles. The second kappa shape index (κ2) is 7.46. The van der Waals surface area contributed by atoms with Crippen LogP contribution in [0.25, 0.3) is 0 Å². The number of nitrogens with two attached hydrogens (primary N) is 1. The SMILES string of the molecule is CC(C)[C@H](N)C(=O)N1CCCC2(C1)SCCN2Cc1ccccc1. The Morgan fingerprint density at radius 3 is 2.75 bits per heavy atom. The summed E-state index contributed by atoms with van der Waals surface area (Å²) in [6.45, 7) is 7.76. The van der Waals surface area contributed by atoms with Gasteiger partial charge >= 0.3 is 0 Å². The van der Waals surface area contributed by atoms with Crippen molar-refractivity contribution < 1.29 is 4.79 Å². The molecule has 1 aromatic rings. The minimum absolute atomic E-state index is 0.0699. The zero-order chi connectivity index (χ0) is 17.2. The molecule has 5 heteroatoms. The summed E-state index contributed by atoms with van der Waals surface area (Å²) in [7, 11) is 0. The first kappa shape index (κ1) is 17.8. The van der Waals surface area contributed by atoms with Gasteiger partial charge in [0.15, 0.2) is 0 Å². The Balaban J connectivity index is 1.72. The van der Waals surface area contributed by atoms with Crippen molar-refractivity contribution in [3.63, 3.8) is 0 Å². The number of hydrogen-bond acceptors (Lipinski definition) is 4. The van der Waals surface area contributed by atoms with Crippen LogP contribution < -0.4 is 5.73 Å². The van der Waals surface area contributed by atoms with Crippen molar-refractivity contribution in [2.24, 2.45) is 11.7 Å². The van der Waals surface area contributed by atoms with Crippen LogP contribution in [0.15, 0.2) is 30.3 Å². The number of piperidine rings is 1. The van der Waals surface area contributed by atoms with Crippen LogP contribution in [0, 0.1) is 5.92 Å². The number of hydrogen-bond donors (Lipinski definition) is 1. The molecule has 2 saturated heterocycles. The molecule has 0 bridgehead atoms. The molecule has 0 saturated carbocycles. The third kappa shape index (κ3) is 3.63. The number of rotatable bonds is 4. The fraction of sp³-hybridized carbons (Fsp3) is 0.632. The summed E-state index contributed by atoms with van der Waals surface area (Å²) in [5.74, 6) is 1.45. The van der Waals surface area contributed by atoms with E-state index in [0.717, 1.165) is 44.8 Å². The fourth-order valence-corrected chi connectivity index (χ4v) is 5.30. The van der Waals surface area contributed by atoms with Crippen LogP contribution in [0.3, 0.4) is 0 Å². The summed E-state index contributed by atoms with van der Waals surface area (Å²) >= 11 is 2.03. The minimum Gasteiger partial charge on any atom is -0.339 e. The average Bonchev–Trinajstić information content (AvgIpc) is 2.96. The molecule has 4 nitrogen and oxygen atoms in total. The number of carbonyl (C=O) groups is 1. The Labute approximate surface area is 149 Å². The molecule has 2 aliphatic rings. The number of thioether (sulfide) groups is 1. The van der Waals surface area contributed by atoms with E-state index in [1.54, 1.807) is 0 Å². The Bertz CT molecular complexity index is 565. The van der Waals surface area contributed by atoms with Crippen molar-refractivity contribution >= 4 is 17.7 Å². The van der Waals surface area contributed by atoms with Gasteiger partial charge in [-0.1, -0.05) is 44.2 Å². The molecule has 132 valence electrons. The quantitative estimate of drug-likeness (QED) is 0.909. The Kier molecular flexibility index (Phi) is 5.52. The highest BCUT2D eigenvalue weighted by molar-refractivity contribution is 8.00. The van der Waals surface area contributed by atoms with E-state index in [0.29, 0.717) is 0 Å². The minimum atomic E-state index is -0.380. The second-order valence-electron chi connectivity index (χ2n) is 7.33. The standard InChI is InChI=1S/C19H29N3OS/c1-15(2)17(20)18(23)21-10-6-9-19(14-21)22(11-12-24-19)13-16-7-4-3-5-8-16/h3-5,7-8,15,17H,6,9-14,20H2,1-2H3/t17-,19?/m0/s1. The van der Waals surface area contributed by atoms with Gasteiger partial charge in [-0.15, -0.1) is 11.8 Å². The van der Waals surface area contributed by atoms with E-state index in [9.17, 15) is 4.79 Å². The average molecular weight is 348 g/mol. The summed E-state index contributed by atoms with van der Waals surface area (Å²) in [5.41, 5.74) is 7.47. The van der Waals surface area contributed by atoms with Gasteiger partial charge < -0.3 is 10.6 Å². The van der Waals surface area contributed by atoms with E-state index in [-0.39, 0.29) is 22.7 Å². The first-order chi connectivity index (χ1) is 11.5. The normalized spacial score (nSPS) is 26.2. The molecule has 3 rings (SSSR count). The first-order valence-corrected chi connectivity index (χ1v) is 9.98. The number of benzene rings is 1. The van der Waals surface area contributed by atoms with Crippen molar-refractivity contribution in [1.82, 2.24) is 9.80 Å². The molecule has 24 heavy (non-hydrogen) atoms. The molecule has 0 aromatic heterocycles. The zero-order valence-corrected chi connectivity index (χ0v) is 15.6. The van der Waals surface area contributed by atoms with E-state index in [1.165, 1.54) is 5.56 Å².